The van der Waals surface area contributed by atoms with Gasteiger partial charge in [0, 0.05) is 30.7 Å². The van der Waals surface area contributed by atoms with Gasteiger partial charge in [-0.3, -0.25) is 9.59 Å². The van der Waals surface area contributed by atoms with Gasteiger partial charge in [-0.2, -0.15) is 0 Å². The molecule has 0 spiro atoms. The van der Waals surface area contributed by atoms with Crippen LogP contribution in [0, 0.1) is 3.57 Å². The van der Waals surface area contributed by atoms with Gasteiger partial charge in [0.15, 0.2) is 11.5 Å². The summed E-state index contributed by atoms with van der Waals surface area (Å²) in [4.78, 5) is 28.3. The average molecular weight is 643 g/mol. The number of amides is 2. The molecule has 3 atom stereocenters. The second-order valence-corrected chi connectivity index (χ2v) is 11.2. The molecule has 0 bridgehead atoms. The number of aliphatic hydroxyl groups is 3. The summed E-state index contributed by atoms with van der Waals surface area (Å²) in [5.41, 5.74) is 1.88. The third-order valence-electron chi connectivity index (χ3n) is 6.93. The summed E-state index contributed by atoms with van der Waals surface area (Å²) in [6.45, 7) is 3.44. The van der Waals surface area contributed by atoms with Crippen LogP contribution in [0.2, 0.25) is 0 Å². The number of methoxy groups -OCH3 is 1. The Morgan fingerprint density at radius 3 is 2.50 bits per heavy atom. The molecule has 4 N–H and O–H groups in total. The highest BCUT2D eigenvalue weighted by Crippen LogP contribution is 2.38. The maximum Gasteiger partial charge on any atom is 0.247 e. The van der Waals surface area contributed by atoms with Crippen molar-refractivity contribution in [3.8, 4) is 11.5 Å². The molecule has 2 amide bonds. The van der Waals surface area contributed by atoms with E-state index < -0.39 is 18.2 Å². The highest BCUT2D eigenvalue weighted by molar-refractivity contribution is 14.1. The van der Waals surface area contributed by atoms with E-state index in [0.29, 0.717) is 26.2 Å². The van der Waals surface area contributed by atoms with E-state index in [1.54, 1.807) is 29.2 Å². The van der Waals surface area contributed by atoms with Gasteiger partial charge in [-0.05, 0) is 73.1 Å². The Labute approximate surface area is 238 Å². The fourth-order valence-electron chi connectivity index (χ4n) is 5.16. The highest BCUT2D eigenvalue weighted by atomic mass is 127. The summed E-state index contributed by atoms with van der Waals surface area (Å²) in [6.07, 6.45) is 6.05. The topological polar surface area (TPSA) is 129 Å². The molecule has 9 nitrogen and oxygen atoms in total. The van der Waals surface area contributed by atoms with E-state index in [1.165, 1.54) is 7.11 Å². The van der Waals surface area contributed by atoms with Gasteiger partial charge < -0.3 is 35.0 Å². The van der Waals surface area contributed by atoms with Crippen molar-refractivity contribution in [2.75, 3.05) is 20.3 Å². The number of carbonyl (C=O) groups is 2. The number of allylic oxidation sites excluding steroid dienone is 1. The lowest BCUT2D eigenvalue weighted by molar-refractivity contribution is -0.138. The van der Waals surface area contributed by atoms with Crippen molar-refractivity contribution < 1.29 is 34.4 Å². The Hall–Kier alpha value is -2.15. The lowest BCUT2D eigenvalue weighted by atomic mass is 9.85. The van der Waals surface area contributed by atoms with Crippen LogP contribution in [-0.2, 0) is 16.2 Å². The molecule has 38 heavy (non-hydrogen) atoms. The Kier molecular flexibility index (Phi) is 11.4. The van der Waals surface area contributed by atoms with E-state index in [-0.39, 0.29) is 44.0 Å². The summed E-state index contributed by atoms with van der Waals surface area (Å²) in [7, 11) is 1.49. The second-order valence-electron chi connectivity index (χ2n) is 10.0. The van der Waals surface area contributed by atoms with Crippen LogP contribution in [-0.4, -0.2) is 76.6 Å². The van der Waals surface area contributed by atoms with Crippen LogP contribution in [0.4, 0.5) is 0 Å². The molecule has 10 heteroatoms. The number of carbonyl (C=O) groups excluding carboxylic acids is 2. The number of ether oxygens (including phenoxy) is 2. The van der Waals surface area contributed by atoms with E-state index in [9.17, 15) is 24.9 Å². The van der Waals surface area contributed by atoms with Crippen LogP contribution in [0.5, 0.6) is 11.5 Å². The molecule has 2 aliphatic rings. The number of hydrogen-bond acceptors (Lipinski definition) is 7. The third kappa shape index (κ3) is 7.49. The van der Waals surface area contributed by atoms with E-state index in [0.717, 1.165) is 37.7 Å². The van der Waals surface area contributed by atoms with Crippen molar-refractivity contribution in [2.45, 2.75) is 83.3 Å². The number of rotatable bonds is 10. The average Bonchev–Trinajstić information content (AvgIpc) is 2.90. The Morgan fingerprint density at radius 1 is 1.18 bits per heavy atom. The van der Waals surface area contributed by atoms with Crippen molar-refractivity contribution in [3.05, 3.63) is 44.6 Å². The Balaban J connectivity index is 2.04. The van der Waals surface area contributed by atoms with Crippen LogP contribution in [0.25, 0.3) is 0 Å². The summed E-state index contributed by atoms with van der Waals surface area (Å²) in [5.74, 6) is 0.206. The summed E-state index contributed by atoms with van der Waals surface area (Å²) in [5, 5.41) is 33.1. The van der Waals surface area contributed by atoms with Gasteiger partial charge in [-0.25, -0.2) is 0 Å². The zero-order chi connectivity index (χ0) is 27.8. The summed E-state index contributed by atoms with van der Waals surface area (Å²) >= 11 is 2.08. The van der Waals surface area contributed by atoms with Crippen LogP contribution in [0.1, 0.15) is 57.9 Å². The standard InChI is InChI=1S/C28H39IN2O7/c1-17(2)11-25(34)31(20-7-5-4-6-8-20)22-14-19(28(36)30-9-10-32)15-23(26(22)35)38-27-21(29)12-18(16-33)13-24(27)37-3/h11-13,15,20,22-23,26,32-33,35H,4-10,14,16H2,1-3H3,(H,30,36)/t22-,23+,26+/m1/s1. The predicted octanol–water partition coefficient (Wildman–Crippen LogP) is 2.84. The van der Waals surface area contributed by atoms with Crippen molar-refractivity contribution in [2.24, 2.45) is 0 Å². The molecule has 0 aromatic heterocycles. The number of halogens is 1. The minimum atomic E-state index is -1.11. The minimum Gasteiger partial charge on any atom is -0.493 e. The van der Waals surface area contributed by atoms with Crippen molar-refractivity contribution >= 4 is 34.4 Å². The van der Waals surface area contributed by atoms with Crippen molar-refractivity contribution in [3.63, 3.8) is 0 Å². The summed E-state index contributed by atoms with van der Waals surface area (Å²) in [6, 6.07) is 2.68. The van der Waals surface area contributed by atoms with Gasteiger partial charge in [-0.1, -0.05) is 24.8 Å². The molecule has 0 unspecified atom stereocenters. The zero-order valence-corrected chi connectivity index (χ0v) is 24.4. The van der Waals surface area contributed by atoms with E-state index in [1.807, 2.05) is 13.8 Å². The molecule has 0 radical (unpaired) electrons. The summed E-state index contributed by atoms with van der Waals surface area (Å²) < 4.78 is 12.5. The third-order valence-corrected chi connectivity index (χ3v) is 7.73. The number of aliphatic hydroxyl groups excluding tert-OH is 3. The van der Waals surface area contributed by atoms with Crippen LogP contribution < -0.4 is 14.8 Å². The van der Waals surface area contributed by atoms with Crippen molar-refractivity contribution in [1.82, 2.24) is 10.2 Å². The molecule has 1 saturated carbocycles. The largest absolute Gasteiger partial charge is 0.493 e. The van der Waals surface area contributed by atoms with Gasteiger partial charge in [0.2, 0.25) is 11.8 Å². The smallest absolute Gasteiger partial charge is 0.247 e. The molecule has 3 rings (SSSR count). The molecule has 1 aromatic carbocycles. The van der Waals surface area contributed by atoms with Crippen LogP contribution >= 0.6 is 22.6 Å². The van der Waals surface area contributed by atoms with Crippen LogP contribution in [0.3, 0.4) is 0 Å². The Bertz CT molecular complexity index is 1050. The maximum atomic E-state index is 13.5. The molecule has 0 saturated heterocycles. The van der Waals surface area contributed by atoms with Crippen LogP contribution in [0.15, 0.2) is 35.4 Å². The first kappa shape index (κ1) is 30.4. The Morgan fingerprint density at radius 2 is 1.89 bits per heavy atom. The fraction of sp³-hybridized carbons (Fsp3) is 0.571. The lowest BCUT2D eigenvalue weighted by Crippen LogP contribution is -2.58. The van der Waals surface area contributed by atoms with E-state index in [2.05, 4.69) is 27.9 Å². The SMILES string of the molecule is COc1cc(CO)cc(I)c1O[C@H]1C=C(C(=O)NCCO)C[C@@H](N(C(=O)C=C(C)C)C2CCCCC2)[C@@H]1O. The molecule has 0 heterocycles. The number of hydrogen-bond donors (Lipinski definition) is 4. The van der Waals surface area contributed by atoms with Gasteiger partial charge in [0.1, 0.15) is 12.2 Å². The molecular formula is C28H39IN2O7. The van der Waals surface area contributed by atoms with Gasteiger partial charge in [-0.15, -0.1) is 0 Å². The second kappa shape index (κ2) is 14.3. The molecule has 1 fully saturated rings. The number of benzene rings is 1. The van der Waals surface area contributed by atoms with E-state index in [4.69, 9.17) is 9.47 Å². The van der Waals surface area contributed by atoms with Gasteiger partial charge >= 0.3 is 0 Å². The molecule has 1 aromatic rings. The molecule has 0 aliphatic heterocycles. The minimum absolute atomic E-state index is 0.0505. The van der Waals surface area contributed by atoms with Crippen molar-refractivity contribution in [1.29, 1.82) is 0 Å². The normalized spacial score (nSPS) is 21.8. The van der Waals surface area contributed by atoms with Gasteiger partial charge in [0.05, 0.1) is 29.9 Å². The zero-order valence-electron chi connectivity index (χ0n) is 22.3. The quantitative estimate of drug-likeness (QED) is 0.228. The highest BCUT2D eigenvalue weighted by Gasteiger charge is 2.43. The number of nitrogens with zero attached hydrogens (tertiary/aromatic N) is 1. The molecule has 210 valence electrons. The predicted molar refractivity (Wildman–Crippen MR) is 152 cm³/mol. The van der Waals surface area contributed by atoms with E-state index >= 15 is 0 Å². The maximum absolute atomic E-state index is 13.5. The first-order valence-electron chi connectivity index (χ1n) is 13.1. The molecule has 2 aliphatic carbocycles. The molecular weight excluding hydrogens is 603 g/mol. The monoisotopic (exact) mass is 642 g/mol. The first-order valence-corrected chi connectivity index (χ1v) is 14.2. The lowest BCUT2D eigenvalue weighted by Gasteiger charge is -2.45. The fourth-order valence-corrected chi connectivity index (χ4v) is 5.95. The van der Waals surface area contributed by atoms with Gasteiger partial charge in [0.25, 0.3) is 0 Å². The first-order chi connectivity index (χ1) is 18.2. The number of nitrogens with one attached hydrogen (secondary N) is 1.